The molecule has 0 fully saturated rings. The van der Waals surface area contributed by atoms with Gasteiger partial charge in [0.2, 0.25) is 0 Å². The van der Waals surface area contributed by atoms with Gasteiger partial charge in [-0.3, -0.25) is 0 Å². The second-order valence-electron chi connectivity index (χ2n) is 9.83. The Labute approximate surface area is 239 Å². The molecule has 4 heteroatoms. The van der Waals surface area contributed by atoms with Gasteiger partial charge in [0.05, 0.1) is 0 Å². The minimum absolute atomic E-state index is 0.352. The van der Waals surface area contributed by atoms with Crippen molar-refractivity contribution in [3.05, 3.63) is 145 Å². The van der Waals surface area contributed by atoms with Crippen LogP contribution in [0, 0.1) is 0 Å². The molecule has 0 atom stereocenters. The molecule has 0 N–H and O–H groups in total. The summed E-state index contributed by atoms with van der Waals surface area (Å²) in [5, 5.41) is 4.35. The van der Waals surface area contributed by atoms with Gasteiger partial charge in [-0.2, -0.15) is 0 Å². The van der Waals surface area contributed by atoms with E-state index < -0.39 is 7.26 Å². The van der Waals surface area contributed by atoms with E-state index in [0.29, 0.717) is 15.2 Å². The maximum atomic E-state index is 6.22. The van der Waals surface area contributed by atoms with Crippen molar-refractivity contribution in [2.24, 2.45) is 0 Å². The van der Waals surface area contributed by atoms with Gasteiger partial charge in [-0.05, 0) is 36.4 Å². The Kier molecular flexibility index (Phi) is 8.12. The Hall–Kier alpha value is -3.35. The molecule has 6 rings (SSSR count). The molecule has 1 heterocycles. The monoisotopic (exact) mass is 594 g/mol. The number of benzene rings is 5. The zero-order valence-corrected chi connectivity index (χ0v) is 24.6. The van der Waals surface area contributed by atoms with Gasteiger partial charge in [0, 0.05) is 0 Å². The third-order valence-corrected chi connectivity index (χ3v) is 14.3. The minimum atomic E-state index is -1.77. The number of ether oxygens (including phenoxy) is 1. The van der Waals surface area contributed by atoms with Crippen LogP contribution in [0.5, 0.6) is 5.75 Å². The van der Waals surface area contributed by atoms with E-state index in [0.717, 1.165) is 37.9 Å². The molecule has 5 aromatic carbocycles. The number of nitrogens with zero attached hydrogens (tertiary/aromatic N) is 1. The molecular weight excluding hydrogens is 560 g/mol. The van der Waals surface area contributed by atoms with Crippen LogP contribution in [0.3, 0.4) is 0 Å². The Balaban J connectivity index is 1.12. The predicted molar refractivity (Wildman–Crippen MR) is 169 cm³/mol. The Morgan fingerprint density at radius 3 is 1.69 bits per heavy atom. The first-order chi connectivity index (χ1) is 19.3. The predicted octanol–water partition coefficient (Wildman–Crippen LogP) is 6.10. The molecule has 194 valence electrons. The molecule has 1 aliphatic heterocycles. The van der Waals surface area contributed by atoms with E-state index in [-0.39, 0.29) is 0 Å². The smallest absolute Gasteiger partial charge is 0.0620 e. The van der Waals surface area contributed by atoms with E-state index >= 15 is 0 Å². The average molecular weight is 594 g/mol. The molecule has 0 bridgehead atoms. The summed E-state index contributed by atoms with van der Waals surface area (Å²) in [7, 11) is -1.77. The molecular formula is C35H33NOPSe+. The Morgan fingerprint density at radius 1 is 0.590 bits per heavy atom. The molecule has 0 saturated carbocycles. The van der Waals surface area contributed by atoms with E-state index in [9.17, 15) is 0 Å². The average Bonchev–Trinajstić information content (AvgIpc) is 3.45. The van der Waals surface area contributed by atoms with E-state index in [2.05, 4.69) is 143 Å². The van der Waals surface area contributed by atoms with Gasteiger partial charge in [-0.25, -0.2) is 0 Å². The van der Waals surface area contributed by atoms with Crippen molar-refractivity contribution >= 4 is 48.5 Å². The summed E-state index contributed by atoms with van der Waals surface area (Å²) in [5.41, 5.74) is 2.74. The van der Waals surface area contributed by atoms with Crippen LogP contribution < -0.4 is 29.0 Å². The van der Waals surface area contributed by atoms with E-state index in [1.54, 1.807) is 0 Å². The van der Waals surface area contributed by atoms with Crippen molar-refractivity contribution in [1.29, 1.82) is 0 Å². The number of anilines is 1. The molecule has 0 unspecified atom stereocenters. The summed E-state index contributed by atoms with van der Waals surface area (Å²) in [5.74, 6) is 0.957. The SMILES string of the molecule is c1ccc([P+](CCCCOc2ccc(N3Cc4ccccc4[Se]3)cc2)(c2ccccc2)c2ccccc2)cc1. The third kappa shape index (κ3) is 5.68. The van der Waals surface area contributed by atoms with Crippen molar-refractivity contribution in [3.63, 3.8) is 0 Å². The maximum absolute atomic E-state index is 6.22. The van der Waals surface area contributed by atoms with Crippen LogP contribution in [-0.2, 0) is 6.54 Å². The molecule has 39 heavy (non-hydrogen) atoms. The number of fused-ring (bicyclic) bond motifs is 1. The van der Waals surface area contributed by atoms with Crippen molar-refractivity contribution in [2.45, 2.75) is 19.4 Å². The molecule has 0 aliphatic carbocycles. The molecule has 5 aromatic rings. The second kappa shape index (κ2) is 12.2. The van der Waals surface area contributed by atoms with Crippen LogP contribution in [0.2, 0.25) is 0 Å². The summed E-state index contributed by atoms with van der Waals surface area (Å²) < 4.78 is 10.2. The van der Waals surface area contributed by atoms with Gasteiger partial charge < -0.3 is 0 Å². The Morgan fingerprint density at radius 2 is 1.13 bits per heavy atom. The molecule has 0 spiro atoms. The third-order valence-electron chi connectivity index (χ3n) is 7.37. The number of rotatable bonds is 10. The van der Waals surface area contributed by atoms with Gasteiger partial charge in [0.15, 0.2) is 0 Å². The van der Waals surface area contributed by atoms with Crippen molar-refractivity contribution in [2.75, 3.05) is 16.7 Å². The van der Waals surface area contributed by atoms with Crippen LogP contribution in [-0.4, -0.2) is 27.9 Å². The van der Waals surface area contributed by atoms with Crippen LogP contribution in [0.25, 0.3) is 0 Å². The van der Waals surface area contributed by atoms with Gasteiger partial charge in [-0.15, -0.1) is 0 Å². The number of unbranched alkanes of at least 4 members (excludes halogenated alkanes) is 1. The van der Waals surface area contributed by atoms with Gasteiger partial charge >= 0.3 is 149 Å². The van der Waals surface area contributed by atoms with Crippen LogP contribution in [0.15, 0.2) is 140 Å². The van der Waals surface area contributed by atoms with E-state index in [1.807, 2.05) is 0 Å². The Bertz CT molecular complexity index is 1350. The molecule has 0 amide bonds. The zero-order chi connectivity index (χ0) is 26.3. The van der Waals surface area contributed by atoms with Crippen molar-refractivity contribution in [3.8, 4) is 5.75 Å². The van der Waals surface area contributed by atoms with Crippen molar-refractivity contribution in [1.82, 2.24) is 0 Å². The van der Waals surface area contributed by atoms with Crippen LogP contribution in [0.1, 0.15) is 18.4 Å². The molecule has 0 aromatic heterocycles. The zero-order valence-electron chi connectivity index (χ0n) is 22.0. The number of hydrogen-bond acceptors (Lipinski definition) is 2. The first kappa shape index (κ1) is 25.9. The molecule has 0 radical (unpaired) electrons. The van der Waals surface area contributed by atoms with Gasteiger partial charge in [-0.1, -0.05) is 54.6 Å². The summed E-state index contributed by atoms with van der Waals surface area (Å²) in [4.78, 5) is 0. The fraction of sp³-hybridized carbons (Fsp3) is 0.143. The van der Waals surface area contributed by atoms with Gasteiger partial charge in [0.1, 0.15) is 0 Å². The van der Waals surface area contributed by atoms with Crippen LogP contribution in [0.4, 0.5) is 5.69 Å². The minimum Gasteiger partial charge on any atom is -0.0620 e. The fourth-order valence-corrected chi connectivity index (χ4v) is 12.0. The summed E-state index contributed by atoms with van der Waals surface area (Å²) in [6, 6.07) is 50.9. The first-order valence-corrected chi connectivity index (χ1v) is 17.2. The fourth-order valence-electron chi connectivity index (χ4n) is 5.40. The van der Waals surface area contributed by atoms with E-state index in [4.69, 9.17) is 4.74 Å². The topological polar surface area (TPSA) is 12.5 Å². The summed E-state index contributed by atoms with van der Waals surface area (Å²) in [6.45, 7) is 1.74. The van der Waals surface area contributed by atoms with Gasteiger partial charge in [0.25, 0.3) is 0 Å². The standard InChI is InChI=1S/C35H33NOPSe/c1-4-15-32(16-5-1)38(33-17-6-2-7-18-33,34-19-8-3-9-20-34)27-13-12-26-37-31-24-22-30(23-25-31)36-28-29-14-10-11-21-35(29)39-36/h1-11,14-25H,12-13,26-28H2/q+1. The summed E-state index contributed by atoms with van der Waals surface area (Å²) >= 11 is 0.352. The summed E-state index contributed by atoms with van der Waals surface area (Å²) in [6.07, 6.45) is 3.27. The van der Waals surface area contributed by atoms with Crippen LogP contribution >= 0.6 is 7.26 Å². The molecule has 0 saturated heterocycles. The van der Waals surface area contributed by atoms with Crippen molar-refractivity contribution < 1.29 is 4.74 Å². The second-order valence-corrected chi connectivity index (χ2v) is 15.7. The molecule has 2 nitrogen and oxygen atoms in total. The van der Waals surface area contributed by atoms with E-state index in [1.165, 1.54) is 31.6 Å². The normalized spacial score (nSPS) is 12.8. The number of hydrogen-bond donors (Lipinski definition) is 0. The quantitative estimate of drug-likeness (QED) is 0.110. The molecule has 1 aliphatic rings. The first-order valence-electron chi connectivity index (χ1n) is 13.6.